The highest BCUT2D eigenvalue weighted by Crippen LogP contribution is 1.91. The Morgan fingerprint density at radius 3 is 2.14 bits per heavy atom. The Balaban J connectivity index is 0. The summed E-state index contributed by atoms with van der Waals surface area (Å²) in [5, 5.41) is 2.75. The lowest BCUT2D eigenvalue weighted by molar-refractivity contribution is 0.0129. The van der Waals surface area contributed by atoms with Gasteiger partial charge in [-0.25, -0.2) is 0 Å². The molecule has 1 N–H and O–H groups in total. The van der Waals surface area contributed by atoms with Gasteiger partial charge in [0.1, 0.15) is 0 Å². The van der Waals surface area contributed by atoms with Crippen LogP contribution in [0.3, 0.4) is 0 Å². The summed E-state index contributed by atoms with van der Waals surface area (Å²) < 4.78 is 10.4. The maximum atomic E-state index is 5.26. The minimum Gasteiger partial charge on any atom is -0.375 e. The largest absolute Gasteiger partial charge is 0.375 e. The van der Waals surface area contributed by atoms with E-state index in [0.29, 0.717) is 19.8 Å². The standard InChI is InChI=1S/C9H16O2.C2H7N/c1-4-6-10-8-9(3)11-7-5-2;1-3-2/h4-5,9H,1-2,6-8H2,3H3;3H,1-2H3. The third-order valence-corrected chi connectivity index (χ3v) is 1.09. The van der Waals surface area contributed by atoms with Crippen LogP contribution in [0.5, 0.6) is 0 Å². The lowest BCUT2D eigenvalue weighted by atomic mass is 10.4. The highest BCUT2D eigenvalue weighted by molar-refractivity contribution is 4.66. The molecule has 0 radical (unpaired) electrons. The number of hydrogen-bond donors (Lipinski definition) is 1. The molecule has 84 valence electrons. The zero-order valence-electron chi connectivity index (χ0n) is 9.58. The van der Waals surface area contributed by atoms with Crippen LogP contribution in [0.4, 0.5) is 0 Å². The predicted molar refractivity (Wildman–Crippen MR) is 61.6 cm³/mol. The molecule has 0 rings (SSSR count). The van der Waals surface area contributed by atoms with Gasteiger partial charge in [-0.15, -0.1) is 13.2 Å². The molecule has 3 heteroatoms. The summed E-state index contributed by atoms with van der Waals surface area (Å²) in [7, 11) is 3.75. The summed E-state index contributed by atoms with van der Waals surface area (Å²) in [6, 6.07) is 0. The van der Waals surface area contributed by atoms with E-state index >= 15 is 0 Å². The Morgan fingerprint density at radius 2 is 1.71 bits per heavy atom. The minimum atomic E-state index is 0.132. The summed E-state index contributed by atoms with van der Waals surface area (Å²) in [5.74, 6) is 0. The third kappa shape index (κ3) is 17.4. The molecular formula is C11H23NO2. The van der Waals surface area contributed by atoms with Crippen LogP contribution in [0.1, 0.15) is 6.92 Å². The van der Waals surface area contributed by atoms with Crippen molar-refractivity contribution in [2.45, 2.75) is 13.0 Å². The smallest absolute Gasteiger partial charge is 0.0784 e. The summed E-state index contributed by atoms with van der Waals surface area (Å²) in [5.41, 5.74) is 0. The molecule has 0 fully saturated rings. The normalized spacial score (nSPS) is 11.1. The molecule has 0 aromatic carbocycles. The fraction of sp³-hybridized carbons (Fsp3) is 0.636. The lowest BCUT2D eigenvalue weighted by Gasteiger charge is -2.10. The van der Waals surface area contributed by atoms with Crippen LogP contribution in [-0.2, 0) is 9.47 Å². The van der Waals surface area contributed by atoms with Gasteiger partial charge in [0.05, 0.1) is 25.9 Å². The third-order valence-electron chi connectivity index (χ3n) is 1.09. The van der Waals surface area contributed by atoms with Crippen LogP contribution in [-0.4, -0.2) is 40.0 Å². The van der Waals surface area contributed by atoms with Crippen molar-refractivity contribution in [2.24, 2.45) is 0 Å². The molecule has 0 heterocycles. The molecule has 0 aromatic rings. The molecule has 0 aromatic heterocycles. The first-order chi connectivity index (χ1) is 6.72. The molecule has 0 amide bonds. The fourth-order valence-electron chi connectivity index (χ4n) is 0.598. The number of nitrogens with one attached hydrogen (secondary N) is 1. The van der Waals surface area contributed by atoms with Gasteiger partial charge in [-0.2, -0.15) is 0 Å². The van der Waals surface area contributed by atoms with E-state index in [1.54, 1.807) is 12.2 Å². The average molecular weight is 201 g/mol. The van der Waals surface area contributed by atoms with E-state index < -0.39 is 0 Å². The van der Waals surface area contributed by atoms with Crippen LogP contribution in [0.15, 0.2) is 25.3 Å². The molecule has 0 saturated heterocycles. The van der Waals surface area contributed by atoms with E-state index in [4.69, 9.17) is 9.47 Å². The Hall–Kier alpha value is -0.640. The van der Waals surface area contributed by atoms with E-state index in [1.165, 1.54) is 0 Å². The van der Waals surface area contributed by atoms with Crippen LogP contribution >= 0.6 is 0 Å². The van der Waals surface area contributed by atoms with Gasteiger partial charge in [0.2, 0.25) is 0 Å². The molecule has 0 aliphatic carbocycles. The van der Waals surface area contributed by atoms with Crippen LogP contribution in [0, 0.1) is 0 Å². The quantitative estimate of drug-likeness (QED) is 0.501. The minimum absolute atomic E-state index is 0.132. The van der Waals surface area contributed by atoms with Gasteiger partial charge >= 0.3 is 0 Å². The van der Waals surface area contributed by atoms with E-state index in [2.05, 4.69) is 18.5 Å². The van der Waals surface area contributed by atoms with Gasteiger partial charge < -0.3 is 14.8 Å². The van der Waals surface area contributed by atoms with Gasteiger partial charge in [-0.3, -0.25) is 0 Å². The molecule has 1 unspecified atom stereocenters. The second-order valence-corrected chi connectivity index (χ2v) is 2.76. The molecule has 0 aliphatic heterocycles. The Kier molecular flexibility index (Phi) is 16.8. The summed E-state index contributed by atoms with van der Waals surface area (Å²) in [4.78, 5) is 0. The van der Waals surface area contributed by atoms with Gasteiger partial charge in [0.15, 0.2) is 0 Å². The van der Waals surface area contributed by atoms with Crippen LogP contribution in [0.25, 0.3) is 0 Å². The zero-order chi connectivity index (χ0) is 11.2. The molecule has 3 nitrogen and oxygen atoms in total. The van der Waals surface area contributed by atoms with Gasteiger partial charge in [0, 0.05) is 0 Å². The maximum absolute atomic E-state index is 5.26. The number of hydrogen-bond acceptors (Lipinski definition) is 3. The monoisotopic (exact) mass is 201 g/mol. The van der Waals surface area contributed by atoms with Crippen molar-refractivity contribution in [3.63, 3.8) is 0 Å². The molecule has 14 heavy (non-hydrogen) atoms. The lowest BCUT2D eigenvalue weighted by Crippen LogP contribution is -2.15. The fourth-order valence-corrected chi connectivity index (χ4v) is 0.598. The molecule has 0 bridgehead atoms. The highest BCUT2D eigenvalue weighted by atomic mass is 16.5. The van der Waals surface area contributed by atoms with Crippen molar-refractivity contribution in [3.05, 3.63) is 25.3 Å². The van der Waals surface area contributed by atoms with Gasteiger partial charge in [-0.1, -0.05) is 12.2 Å². The van der Waals surface area contributed by atoms with Crippen LogP contribution < -0.4 is 5.32 Å². The van der Waals surface area contributed by atoms with Crippen molar-refractivity contribution < 1.29 is 9.47 Å². The topological polar surface area (TPSA) is 30.5 Å². The second-order valence-electron chi connectivity index (χ2n) is 2.76. The first-order valence-corrected chi connectivity index (χ1v) is 4.72. The number of rotatable bonds is 7. The predicted octanol–water partition coefficient (Wildman–Crippen LogP) is 1.62. The van der Waals surface area contributed by atoms with Gasteiger partial charge in [-0.05, 0) is 21.0 Å². The van der Waals surface area contributed by atoms with E-state index in [0.717, 1.165) is 0 Å². The van der Waals surface area contributed by atoms with Crippen molar-refractivity contribution in [1.29, 1.82) is 0 Å². The first-order valence-electron chi connectivity index (χ1n) is 4.72. The van der Waals surface area contributed by atoms with E-state index in [-0.39, 0.29) is 6.10 Å². The first kappa shape index (κ1) is 15.8. The molecule has 0 aliphatic rings. The van der Waals surface area contributed by atoms with Crippen LogP contribution in [0.2, 0.25) is 0 Å². The summed E-state index contributed by atoms with van der Waals surface area (Å²) >= 11 is 0. The van der Waals surface area contributed by atoms with Crippen molar-refractivity contribution in [3.8, 4) is 0 Å². The zero-order valence-corrected chi connectivity index (χ0v) is 9.58. The Bertz CT molecular complexity index is 126. The summed E-state index contributed by atoms with van der Waals surface area (Å²) in [6.45, 7) is 10.8. The van der Waals surface area contributed by atoms with Gasteiger partial charge in [0.25, 0.3) is 0 Å². The van der Waals surface area contributed by atoms with Crippen molar-refractivity contribution in [2.75, 3.05) is 33.9 Å². The number of ether oxygens (including phenoxy) is 2. The molecule has 1 atom stereocenters. The maximum Gasteiger partial charge on any atom is 0.0784 e. The highest BCUT2D eigenvalue weighted by Gasteiger charge is 1.98. The molecular weight excluding hydrogens is 178 g/mol. The molecule has 0 saturated carbocycles. The van der Waals surface area contributed by atoms with Crippen molar-refractivity contribution in [1.82, 2.24) is 5.32 Å². The van der Waals surface area contributed by atoms with E-state index in [9.17, 15) is 0 Å². The Labute approximate surface area is 87.8 Å². The molecule has 0 spiro atoms. The van der Waals surface area contributed by atoms with E-state index in [1.807, 2.05) is 21.0 Å². The summed E-state index contributed by atoms with van der Waals surface area (Å²) in [6.07, 6.45) is 3.58. The van der Waals surface area contributed by atoms with Crippen molar-refractivity contribution >= 4 is 0 Å². The average Bonchev–Trinajstić information content (AvgIpc) is 2.16. The Morgan fingerprint density at radius 1 is 1.21 bits per heavy atom. The SMILES string of the molecule is C=CCOCC(C)OCC=C.CNC. The second kappa shape index (κ2) is 14.9.